The maximum atomic E-state index is 11.5. The van der Waals surface area contributed by atoms with E-state index >= 15 is 0 Å². The fourth-order valence-corrected chi connectivity index (χ4v) is 1.28. The first kappa shape index (κ1) is 11.3. The van der Waals surface area contributed by atoms with Gasteiger partial charge in [-0.25, -0.2) is 15.0 Å². The van der Waals surface area contributed by atoms with Crippen molar-refractivity contribution < 1.29 is 9.21 Å². The molecule has 88 valence electrons. The first-order chi connectivity index (χ1) is 8.24. The van der Waals surface area contributed by atoms with Crippen LogP contribution in [0.1, 0.15) is 18.0 Å². The van der Waals surface area contributed by atoms with Crippen molar-refractivity contribution in [2.45, 2.75) is 19.8 Å². The predicted molar refractivity (Wildman–Crippen MR) is 60.2 cm³/mol. The zero-order valence-corrected chi connectivity index (χ0v) is 9.38. The van der Waals surface area contributed by atoms with Crippen molar-refractivity contribution in [3.8, 4) is 0 Å². The van der Waals surface area contributed by atoms with E-state index in [1.165, 1.54) is 0 Å². The molecule has 0 aromatic carbocycles. The van der Waals surface area contributed by atoms with E-state index < -0.39 is 0 Å². The Morgan fingerprint density at radius 2 is 2.12 bits per heavy atom. The molecule has 0 saturated heterocycles. The van der Waals surface area contributed by atoms with Crippen LogP contribution < -0.4 is 5.32 Å². The van der Waals surface area contributed by atoms with Gasteiger partial charge in [0, 0.05) is 25.2 Å². The number of aromatic nitrogens is 3. The van der Waals surface area contributed by atoms with Gasteiger partial charge in [0.05, 0.1) is 6.20 Å². The smallest absolute Gasteiger partial charge is 0.301 e. The highest BCUT2D eigenvalue weighted by molar-refractivity contribution is 5.88. The molecule has 0 fully saturated rings. The van der Waals surface area contributed by atoms with Gasteiger partial charge in [-0.2, -0.15) is 0 Å². The molecule has 0 saturated carbocycles. The van der Waals surface area contributed by atoms with Gasteiger partial charge in [0.25, 0.3) is 0 Å². The first-order valence-electron chi connectivity index (χ1n) is 5.22. The summed E-state index contributed by atoms with van der Waals surface area (Å²) in [6.07, 6.45) is 5.64. The van der Waals surface area contributed by atoms with Gasteiger partial charge in [-0.05, 0) is 13.0 Å². The summed E-state index contributed by atoms with van der Waals surface area (Å²) in [5, 5.41) is 2.56. The van der Waals surface area contributed by atoms with Crippen LogP contribution in [0.25, 0.3) is 0 Å². The zero-order chi connectivity index (χ0) is 12.1. The number of nitrogens with one attached hydrogen (secondary N) is 1. The number of rotatable bonds is 4. The van der Waals surface area contributed by atoms with Gasteiger partial charge in [-0.15, -0.1) is 0 Å². The lowest BCUT2D eigenvalue weighted by molar-refractivity contribution is -0.116. The molecule has 6 nitrogen and oxygen atoms in total. The third-order valence-electron chi connectivity index (χ3n) is 2.06. The predicted octanol–water partition coefficient (Wildman–Crippen LogP) is 1.34. The van der Waals surface area contributed by atoms with Crippen molar-refractivity contribution in [1.82, 2.24) is 15.0 Å². The summed E-state index contributed by atoms with van der Waals surface area (Å²) in [7, 11) is 0. The lowest BCUT2D eigenvalue weighted by atomic mass is 10.3. The van der Waals surface area contributed by atoms with E-state index in [0.29, 0.717) is 24.4 Å². The van der Waals surface area contributed by atoms with E-state index in [1.807, 2.05) is 0 Å². The van der Waals surface area contributed by atoms with E-state index in [1.54, 1.807) is 31.6 Å². The number of nitrogens with zero attached hydrogens (tertiary/aromatic N) is 3. The molecule has 2 aromatic heterocycles. The molecular formula is C11H12N4O2. The average Bonchev–Trinajstić information content (AvgIpc) is 2.73. The quantitative estimate of drug-likeness (QED) is 0.860. The second kappa shape index (κ2) is 5.20. The summed E-state index contributed by atoms with van der Waals surface area (Å²) in [5.74, 6) is 1.14. The molecule has 0 aliphatic heterocycles. The van der Waals surface area contributed by atoms with Crippen LogP contribution in [0.2, 0.25) is 0 Å². The monoisotopic (exact) mass is 232 g/mol. The van der Waals surface area contributed by atoms with Gasteiger partial charge in [0.2, 0.25) is 5.91 Å². The van der Waals surface area contributed by atoms with Crippen LogP contribution in [0, 0.1) is 6.92 Å². The molecule has 0 atom stereocenters. The molecule has 2 aromatic rings. The van der Waals surface area contributed by atoms with Crippen molar-refractivity contribution >= 4 is 11.9 Å². The molecule has 0 aliphatic carbocycles. The summed E-state index contributed by atoms with van der Waals surface area (Å²) < 4.78 is 5.13. The highest BCUT2D eigenvalue weighted by atomic mass is 16.4. The van der Waals surface area contributed by atoms with Crippen LogP contribution in [0.3, 0.4) is 0 Å². The van der Waals surface area contributed by atoms with Crippen LogP contribution in [0.15, 0.2) is 29.1 Å². The van der Waals surface area contributed by atoms with Gasteiger partial charge in [0.15, 0.2) is 0 Å². The van der Waals surface area contributed by atoms with Crippen LogP contribution in [-0.4, -0.2) is 20.9 Å². The van der Waals surface area contributed by atoms with Crippen LogP contribution in [0.5, 0.6) is 0 Å². The molecule has 1 N–H and O–H groups in total. The lowest BCUT2D eigenvalue weighted by Crippen LogP contribution is -2.13. The Hall–Kier alpha value is -2.24. The Morgan fingerprint density at radius 3 is 2.76 bits per heavy atom. The molecule has 0 aliphatic rings. The minimum atomic E-state index is -0.167. The van der Waals surface area contributed by atoms with E-state index in [9.17, 15) is 4.79 Å². The minimum Gasteiger partial charge on any atom is -0.429 e. The van der Waals surface area contributed by atoms with E-state index in [4.69, 9.17) is 4.42 Å². The molecule has 2 rings (SSSR count). The van der Waals surface area contributed by atoms with E-state index in [-0.39, 0.29) is 11.9 Å². The Kier molecular flexibility index (Phi) is 3.44. The maximum Gasteiger partial charge on any atom is 0.301 e. The summed E-state index contributed by atoms with van der Waals surface area (Å²) >= 11 is 0. The maximum absolute atomic E-state index is 11.5. The Labute approximate surface area is 98.1 Å². The third kappa shape index (κ3) is 3.37. The Balaban J connectivity index is 1.82. The van der Waals surface area contributed by atoms with Crippen LogP contribution in [0.4, 0.5) is 6.01 Å². The van der Waals surface area contributed by atoms with Crippen molar-refractivity contribution in [2.75, 3.05) is 5.32 Å². The SMILES string of the molecule is Cc1cnc(NC(=O)CCc2ncccn2)o1. The molecule has 0 spiro atoms. The van der Waals surface area contributed by atoms with Crippen molar-refractivity contribution in [3.05, 3.63) is 36.2 Å². The number of hydrogen-bond acceptors (Lipinski definition) is 5. The Bertz CT molecular complexity index is 495. The van der Waals surface area contributed by atoms with Crippen LogP contribution >= 0.6 is 0 Å². The number of oxazole rings is 1. The topological polar surface area (TPSA) is 80.9 Å². The standard InChI is InChI=1S/C11H12N4O2/c1-8-7-14-11(17-8)15-10(16)4-3-9-12-5-2-6-13-9/h2,5-7H,3-4H2,1H3,(H,14,15,16). The van der Waals surface area contributed by atoms with E-state index in [2.05, 4.69) is 20.3 Å². The largest absolute Gasteiger partial charge is 0.429 e. The first-order valence-corrected chi connectivity index (χ1v) is 5.22. The zero-order valence-electron chi connectivity index (χ0n) is 9.38. The molecule has 6 heteroatoms. The number of anilines is 1. The highest BCUT2D eigenvalue weighted by Crippen LogP contribution is 2.07. The molecule has 0 bridgehead atoms. The van der Waals surface area contributed by atoms with Gasteiger partial charge in [-0.3, -0.25) is 10.1 Å². The van der Waals surface area contributed by atoms with Crippen LogP contribution in [-0.2, 0) is 11.2 Å². The number of hydrogen-bond donors (Lipinski definition) is 1. The molecule has 0 radical (unpaired) electrons. The number of carbonyl (C=O) groups is 1. The Morgan fingerprint density at radius 1 is 1.35 bits per heavy atom. The molecule has 17 heavy (non-hydrogen) atoms. The number of aryl methyl sites for hydroxylation is 2. The third-order valence-corrected chi connectivity index (χ3v) is 2.06. The van der Waals surface area contributed by atoms with Gasteiger partial charge >= 0.3 is 6.01 Å². The van der Waals surface area contributed by atoms with Gasteiger partial charge < -0.3 is 4.42 Å². The number of carbonyl (C=O) groups excluding carboxylic acids is 1. The lowest BCUT2D eigenvalue weighted by Gasteiger charge is -2.00. The fourth-order valence-electron chi connectivity index (χ4n) is 1.28. The second-order valence-corrected chi connectivity index (χ2v) is 3.49. The summed E-state index contributed by atoms with van der Waals surface area (Å²) in [5.41, 5.74) is 0. The second-order valence-electron chi connectivity index (χ2n) is 3.49. The molecule has 1 amide bonds. The molecule has 2 heterocycles. The average molecular weight is 232 g/mol. The normalized spacial score (nSPS) is 10.2. The fraction of sp³-hybridized carbons (Fsp3) is 0.273. The molecular weight excluding hydrogens is 220 g/mol. The summed E-state index contributed by atoms with van der Waals surface area (Å²) in [6, 6.07) is 1.96. The number of amides is 1. The van der Waals surface area contributed by atoms with Crippen molar-refractivity contribution in [3.63, 3.8) is 0 Å². The molecule has 0 unspecified atom stereocenters. The van der Waals surface area contributed by atoms with Gasteiger partial charge in [-0.1, -0.05) is 0 Å². The van der Waals surface area contributed by atoms with E-state index in [0.717, 1.165) is 0 Å². The minimum absolute atomic E-state index is 0.167. The van der Waals surface area contributed by atoms with Gasteiger partial charge in [0.1, 0.15) is 11.6 Å². The van der Waals surface area contributed by atoms with Crippen molar-refractivity contribution in [1.29, 1.82) is 0 Å². The summed E-state index contributed by atoms with van der Waals surface area (Å²) in [6.45, 7) is 1.76. The van der Waals surface area contributed by atoms with Crippen molar-refractivity contribution in [2.24, 2.45) is 0 Å². The highest BCUT2D eigenvalue weighted by Gasteiger charge is 2.07. The summed E-state index contributed by atoms with van der Waals surface area (Å²) in [4.78, 5) is 23.5.